The van der Waals surface area contributed by atoms with Crippen LogP contribution in [0.2, 0.25) is 29.6 Å². The van der Waals surface area contributed by atoms with Gasteiger partial charge in [0.2, 0.25) is 0 Å². The summed E-state index contributed by atoms with van der Waals surface area (Å²) in [5.74, 6) is -0.342. The number of hydrogen-bond acceptors (Lipinski definition) is 2. The van der Waals surface area contributed by atoms with Crippen LogP contribution in [0.3, 0.4) is 0 Å². The Kier molecular flexibility index (Phi) is 5.89. The second-order valence-corrected chi connectivity index (χ2v) is 40.5. The van der Waals surface area contributed by atoms with Gasteiger partial charge < -0.3 is 0 Å². The van der Waals surface area contributed by atoms with E-state index in [9.17, 15) is 8.78 Å². The van der Waals surface area contributed by atoms with Crippen LogP contribution in [-0.2, 0) is 0 Å². The van der Waals surface area contributed by atoms with Crippen LogP contribution >= 0.6 is 22.7 Å². The summed E-state index contributed by atoms with van der Waals surface area (Å²) in [6.45, 7) is 0. The van der Waals surface area contributed by atoms with Crippen molar-refractivity contribution in [2.45, 2.75) is 29.6 Å². The molecule has 22 heavy (non-hydrogen) atoms. The maximum atomic E-state index is 14.1. The van der Waals surface area contributed by atoms with E-state index in [1.54, 1.807) is 24.3 Å². The van der Waals surface area contributed by atoms with Gasteiger partial charge >= 0.3 is 149 Å². The number of thiophene rings is 2. The van der Waals surface area contributed by atoms with Gasteiger partial charge in [0.05, 0.1) is 0 Å². The molecule has 2 aromatic heterocycles. The molecular weight excluding hydrogens is 532 g/mol. The molecule has 0 saturated heterocycles. The first-order chi connectivity index (χ1) is 9.98. The zero-order valence-corrected chi connectivity index (χ0v) is 21.2. The van der Waals surface area contributed by atoms with Crippen LogP contribution in [0.25, 0.3) is 12.2 Å². The molecule has 0 N–H and O–H groups in total. The summed E-state index contributed by atoms with van der Waals surface area (Å²) in [5.41, 5.74) is 0. The topological polar surface area (TPSA) is 0 Å². The number of halogens is 2. The third-order valence-corrected chi connectivity index (χ3v) is 24.3. The summed E-state index contributed by atoms with van der Waals surface area (Å²) in [7, 11) is 0. The molecule has 0 amide bonds. The summed E-state index contributed by atoms with van der Waals surface area (Å²) in [4.78, 5) is 14.9. The Bertz CT molecular complexity index is 641. The molecule has 0 bridgehead atoms. The summed E-state index contributed by atoms with van der Waals surface area (Å²) in [6, 6.07) is 3.37. The minimum absolute atomic E-state index is 0.171. The molecule has 0 aliphatic carbocycles. The maximum absolute atomic E-state index is 14.1. The Labute approximate surface area is 148 Å². The van der Waals surface area contributed by atoms with E-state index >= 15 is 0 Å². The van der Waals surface area contributed by atoms with Gasteiger partial charge in [0, 0.05) is 0 Å². The zero-order valence-electron chi connectivity index (χ0n) is 13.9. The Hall–Kier alpha value is 0.597. The van der Waals surface area contributed by atoms with Gasteiger partial charge in [0.25, 0.3) is 0 Å². The van der Waals surface area contributed by atoms with Crippen molar-refractivity contribution in [2.24, 2.45) is 0 Å². The fourth-order valence-corrected chi connectivity index (χ4v) is 14.2. The van der Waals surface area contributed by atoms with Gasteiger partial charge in [-0.3, -0.25) is 0 Å². The molecule has 120 valence electrons. The van der Waals surface area contributed by atoms with Gasteiger partial charge in [0.15, 0.2) is 0 Å². The van der Waals surface area contributed by atoms with E-state index in [4.69, 9.17) is 0 Å². The van der Waals surface area contributed by atoms with Crippen molar-refractivity contribution in [1.29, 1.82) is 0 Å². The standard InChI is InChI=1S/C10H4F2S2.6CH3.2Sn/c11-7-3-5-13-9(7)1-2-10-8(12)4-6-14-10;;;;;;;;/h1-4H;6*1H3;;/b2-1+;;;;;;;;. The zero-order chi connectivity index (χ0) is 16.7. The van der Waals surface area contributed by atoms with Gasteiger partial charge in [-0.1, -0.05) is 0 Å². The molecule has 2 aromatic rings. The van der Waals surface area contributed by atoms with Crippen molar-refractivity contribution in [2.75, 3.05) is 0 Å². The monoisotopic (exact) mass is 556 g/mol. The fourth-order valence-electron chi connectivity index (χ4n) is 1.88. The molecule has 0 aromatic carbocycles. The summed E-state index contributed by atoms with van der Waals surface area (Å²) < 4.78 is 30.5. The molecule has 0 nitrogen and oxygen atoms in total. The first-order valence-corrected chi connectivity index (χ1v) is 28.9. The third-order valence-electron chi connectivity index (χ3n) is 3.29. The van der Waals surface area contributed by atoms with Crippen molar-refractivity contribution in [3.8, 4) is 0 Å². The first-order valence-electron chi connectivity index (χ1n) is 7.26. The van der Waals surface area contributed by atoms with Crippen molar-refractivity contribution in [1.82, 2.24) is 0 Å². The molecule has 0 aliphatic rings. The van der Waals surface area contributed by atoms with E-state index in [0.717, 1.165) is 0 Å². The average molecular weight is 554 g/mol. The molecule has 0 radical (unpaired) electrons. The summed E-state index contributed by atoms with van der Waals surface area (Å²) >= 11 is -1.41. The third kappa shape index (κ3) is 4.57. The van der Waals surface area contributed by atoms with Crippen molar-refractivity contribution in [3.63, 3.8) is 0 Å². The molecular formula is C16H22F2S2Sn2. The van der Waals surface area contributed by atoms with Crippen LogP contribution in [0, 0.1) is 11.6 Å². The van der Waals surface area contributed by atoms with E-state index in [1.165, 1.54) is 28.5 Å². The summed E-state index contributed by atoms with van der Waals surface area (Å²) in [6.07, 6.45) is 3.47. The van der Waals surface area contributed by atoms with Gasteiger partial charge in [-0.15, -0.1) is 0 Å². The van der Waals surface area contributed by atoms with Gasteiger partial charge in [0.1, 0.15) is 0 Å². The Morgan fingerprint density at radius 1 is 0.727 bits per heavy atom. The minimum atomic E-state index is -2.24. The molecule has 0 aliphatic heterocycles. The first kappa shape index (κ1) is 18.9. The van der Waals surface area contributed by atoms with Crippen LogP contribution in [0.4, 0.5) is 8.78 Å². The predicted molar refractivity (Wildman–Crippen MR) is 103 cm³/mol. The van der Waals surface area contributed by atoms with Gasteiger partial charge in [-0.05, 0) is 0 Å². The fraction of sp³-hybridized carbons (Fsp3) is 0.375. The Morgan fingerprint density at radius 3 is 1.27 bits per heavy atom. The molecule has 0 spiro atoms. The molecule has 2 heterocycles. The van der Waals surface area contributed by atoms with Crippen LogP contribution in [-0.4, -0.2) is 36.8 Å². The second kappa shape index (κ2) is 6.84. The predicted octanol–water partition coefficient (Wildman–Crippen LogP) is 5.35. The van der Waals surface area contributed by atoms with E-state index in [-0.39, 0.29) is 11.6 Å². The Morgan fingerprint density at radius 2 is 1.05 bits per heavy atom. The van der Waals surface area contributed by atoms with Crippen molar-refractivity contribution < 1.29 is 8.78 Å². The van der Waals surface area contributed by atoms with Crippen LogP contribution < -0.4 is 5.79 Å². The van der Waals surface area contributed by atoms with E-state index in [2.05, 4.69) is 29.6 Å². The molecule has 6 heteroatoms. The number of hydrogen-bond donors (Lipinski definition) is 0. The molecule has 2 rings (SSSR count). The molecule has 0 unspecified atom stereocenters. The summed E-state index contributed by atoms with van der Waals surface area (Å²) in [5, 5.41) is 0. The van der Waals surface area contributed by atoms with E-state index < -0.39 is 36.8 Å². The SMILES string of the molecule is [CH3][Sn]([CH3])([CH3])[c]1cc(F)c(/C=C/c2s[c]([Sn]([CH3])([CH3])[CH3])cc2F)s1. The Balaban J connectivity index is 2.30. The second-order valence-electron chi connectivity index (χ2n) is 7.48. The van der Waals surface area contributed by atoms with Crippen LogP contribution in [0.5, 0.6) is 0 Å². The van der Waals surface area contributed by atoms with Gasteiger partial charge in [-0.25, -0.2) is 0 Å². The molecule has 0 fully saturated rings. The molecule has 0 saturated carbocycles. The number of rotatable bonds is 4. The van der Waals surface area contributed by atoms with Crippen molar-refractivity contribution >= 4 is 77.4 Å². The molecule has 0 atom stereocenters. The van der Waals surface area contributed by atoms with Crippen molar-refractivity contribution in [3.05, 3.63) is 33.5 Å². The quantitative estimate of drug-likeness (QED) is 0.448. The van der Waals surface area contributed by atoms with Gasteiger partial charge in [-0.2, -0.15) is 0 Å². The normalized spacial score (nSPS) is 13.3. The van der Waals surface area contributed by atoms with E-state index in [0.29, 0.717) is 9.75 Å². The average Bonchev–Trinajstić information content (AvgIpc) is 2.89. The van der Waals surface area contributed by atoms with Crippen LogP contribution in [0.1, 0.15) is 9.75 Å². The van der Waals surface area contributed by atoms with E-state index in [1.807, 2.05) is 0 Å². The van der Waals surface area contributed by atoms with Crippen LogP contribution in [0.15, 0.2) is 12.1 Å².